The molecule has 0 amide bonds. The predicted octanol–water partition coefficient (Wildman–Crippen LogP) is 14.1. The summed E-state index contributed by atoms with van der Waals surface area (Å²) < 4.78 is 33.5. The maximum Gasteiger partial charge on any atom is 0.472 e. The number of phosphoric ester groups is 1. The van der Waals surface area contributed by atoms with Gasteiger partial charge in [-0.2, -0.15) is 0 Å². The lowest BCUT2D eigenvalue weighted by Gasteiger charge is -2.20. The van der Waals surface area contributed by atoms with E-state index in [-0.39, 0.29) is 32.3 Å². The van der Waals surface area contributed by atoms with E-state index < -0.39 is 13.9 Å². The Labute approximate surface area is 356 Å². The monoisotopic (exact) mass is 832 g/mol. The highest BCUT2D eigenvalue weighted by Crippen LogP contribution is 2.43. The van der Waals surface area contributed by atoms with Crippen LogP contribution in [0.25, 0.3) is 0 Å². The number of unbranched alkanes of at least 4 members (excludes halogenated alkanes) is 16. The zero-order chi connectivity index (χ0) is 42.3. The van der Waals surface area contributed by atoms with Gasteiger partial charge in [0, 0.05) is 19.6 Å². The molecule has 9 heteroatoms. The molecule has 0 bridgehead atoms. The van der Waals surface area contributed by atoms with Crippen molar-refractivity contribution in [1.29, 1.82) is 0 Å². The van der Waals surface area contributed by atoms with Gasteiger partial charge in [-0.15, -0.1) is 0 Å². The Kier molecular flexibility index (Phi) is 43.9. The van der Waals surface area contributed by atoms with E-state index in [0.29, 0.717) is 13.0 Å². The Morgan fingerprint density at radius 1 is 0.534 bits per heavy atom. The number of carbonyl (C=O) groups excluding carboxylic acids is 1. The van der Waals surface area contributed by atoms with Crippen molar-refractivity contribution in [1.82, 2.24) is 0 Å². The van der Waals surface area contributed by atoms with E-state index in [9.17, 15) is 14.3 Å². The Balaban J connectivity index is 4.06. The van der Waals surface area contributed by atoms with Crippen LogP contribution in [0.2, 0.25) is 0 Å². The summed E-state index contributed by atoms with van der Waals surface area (Å²) in [7, 11) is -4.29. The van der Waals surface area contributed by atoms with Gasteiger partial charge in [-0.05, 0) is 89.9 Å². The molecule has 0 spiro atoms. The minimum atomic E-state index is -4.29. The van der Waals surface area contributed by atoms with Crippen molar-refractivity contribution in [3.8, 4) is 0 Å². The molecule has 0 heterocycles. The average molecular weight is 832 g/mol. The summed E-state index contributed by atoms with van der Waals surface area (Å²) in [4.78, 5) is 22.5. The number of rotatable bonds is 43. The number of ether oxygens (including phenoxy) is 2. The fourth-order valence-electron chi connectivity index (χ4n) is 5.93. The number of carbonyl (C=O) groups is 1. The zero-order valence-corrected chi connectivity index (χ0v) is 37.9. The van der Waals surface area contributed by atoms with Gasteiger partial charge in [0.1, 0.15) is 6.10 Å². The summed E-state index contributed by atoms with van der Waals surface area (Å²) in [5, 5.41) is 0. The first-order valence-electron chi connectivity index (χ1n) is 23.1. The Morgan fingerprint density at radius 3 is 1.45 bits per heavy atom. The van der Waals surface area contributed by atoms with Crippen LogP contribution in [0.15, 0.2) is 85.1 Å². The number of esters is 1. The van der Waals surface area contributed by atoms with Crippen molar-refractivity contribution in [3.05, 3.63) is 85.1 Å². The molecule has 0 saturated carbocycles. The summed E-state index contributed by atoms with van der Waals surface area (Å²) in [6, 6.07) is 0. The quantitative estimate of drug-likeness (QED) is 0.0270. The SMILES string of the molecule is CC/C=C\C/C=C\C/C=C\C/C=C\C/C=C\CCCCCCCCCC(=O)OC(COCCCCCCCC/C=C\C/C=C\CCCCC)COP(=O)(O)OCCN. The highest BCUT2D eigenvalue weighted by atomic mass is 31.2. The molecule has 0 aromatic heterocycles. The van der Waals surface area contributed by atoms with Gasteiger partial charge in [0.15, 0.2) is 0 Å². The van der Waals surface area contributed by atoms with Crippen molar-refractivity contribution in [2.75, 3.05) is 33.0 Å². The number of allylic oxidation sites excluding steroid dienone is 14. The topological polar surface area (TPSA) is 117 Å². The largest absolute Gasteiger partial charge is 0.472 e. The van der Waals surface area contributed by atoms with Crippen molar-refractivity contribution in [2.24, 2.45) is 5.73 Å². The average Bonchev–Trinajstić information content (AvgIpc) is 3.21. The molecule has 0 aliphatic rings. The highest BCUT2D eigenvalue weighted by molar-refractivity contribution is 7.47. The molecule has 0 aromatic rings. The molecular weight excluding hydrogens is 746 g/mol. The van der Waals surface area contributed by atoms with Crippen molar-refractivity contribution >= 4 is 13.8 Å². The second-order valence-electron chi connectivity index (χ2n) is 14.9. The molecule has 0 aromatic carbocycles. The van der Waals surface area contributed by atoms with Crippen LogP contribution in [0.3, 0.4) is 0 Å². The van der Waals surface area contributed by atoms with Crippen molar-refractivity contribution in [2.45, 2.75) is 187 Å². The molecular formula is C49H86NO7P. The first kappa shape index (κ1) is 55.7. The number of hydrogen-bond acceptors (Lipinski definition) is 7. The van der Waals surface area contributed by atoms with Crippen LogP contribution in [0.1, 0.15) is 181 Å². The van der Waals surface area contributed by atoms with E-state index in [1.807, 2.05) is 0 Å². The fraction of sp³-hybridized carbons (Fsp3) is 0.694. The summed E-state index contributed by atoms with van der Waals surface area (Å²) in [6.07, 6.45) is 58.8. The minimum absolute atomic E-state index is 0.0920. The normalized spacial score (nSPS) is 14.2. The molecule has 8 nitrogen and oxygen atoms in total. The first-order chi connectivity index (χ1) is 28.4. The molecule has 0 radical (unpaired) electrons. The predicted molar refractivity (Wildman–Crippen MR) is 247 cm³/mol. The Morgan fingerprint density at radius 2 is 0.966 bits per heavy atom. The standard InChI is InChI=1S/C49H86NO7P/c1-3-5-7-9-11-13-15-17-19-21-22-23-24-25-26-27-28-30-32-34-36-38-40-42-49(51)57-48(47-56-58(52,53)55-45-43-50)46-54-44-41-39-37-35-33-31-29-20-18-16-14-12-10-8-6-4-2/h5,7,11-14,17-20,22-23,25-26,48H,3-4,6,8-10,15-16,21,24,27-47,50H2,1-2H3,(H,52,53)/b7-5-,13-11-,14-12-,19-17-,20-18-,23-22-,26-25-. The Hall–Kier alpha value is -2.32. The van der Waals surface area contributed by atoms with Gasteiger partial charge < -0.3 is 20.1 Å². The molecule has 58 heavy (non-hydrogen) atoms. The third-order valence-electron chi connectivity index (χ3n) is 9.30. The minimum Gasteiger partial charge on any atom is -0.457 e. The smallest absolute Gasteiger partial charge is 0.457 e. The molecule has 3 N–H and O–H groups in total. The lowest BCUT2D eigenvalue weighted by atomic mass is 10.1. The number of hydrogen-bond donors (Lipinski definition) is 2. The molecule has 0 saturated heterocycles. The lowest BCUT2D eigenvalue weighted by molar-refractivity contribution is -0.154. The van der Waals surface area contributed by atoms with E-state index in [4.69, 9.17) is 24.3 Å². The van der Waals surface area contributed by atoms with Crippen LogP contribution in [0, 0.1) is 0 Å². The van der Waals surface area contributed by atoms with Crippen LogP contribution in [0.4, 0.5) is 0 Å². The molecule has 2 atom stereocenters. The first-order valence-corrected chi connectivity index (χ1v) is 24.6. The van der Waals surface area contributed by atoms with E-state index in [2.05, 4.69) is 98.9 Å². The summed E-state index contributed by atoms with van der Waals surface area (Å²) in [5.41, 5.74) is 5.37. The van der Waals surface area contributed by atoms with Gasteiger partial charge in [-0.3, -0.25) is 13.8 Å². The van der Waals surface area contributed by atoms with Crippen LogP contribution in [0.5, 0.6) is 0 Å². The van der Waals surface area contributed by atoms with E-state index in [1.165, 1.54) is 64.2 Å². The van der Waals surface area contributed by atoms with E-state index in [1.54, 1.807) is 0 Å². The van der Waals surface area contributed by atoms with E-state index in [0.717, 1.165) is 96.3 Å². The lowest BCUT2D eigenvalue weighted by Crippen LogP contribution is -2.28. The van der Waals surface area contributed by atoms with Gasteiger partial charge >= 0.3 is 13.8 Å². The summed E-state index contributed by atoms with van der Waals surface area (Å²) in [5.74, 6) is -0.348. The maximum atomic E-state index is 12.6. The molecule has 2 unspecified atom stereocenters. The number of nitrogens with two attached hydrogens (primary N) is 1. The third-order valence-corrected chi connectivity index (χ3v) is 10.3. The fourth-order valence-corrected chi connectivity index (χ4v) is 6.70. The van der Waals surface area contributed by atoms with E-state index >= 15 is 0 Å². The molecule has 0 fully saturated rings. The summed E-state index contributed by atoms with van der Waals surface area (Å²) in [6.45, 7) is 4.73. The van der Waals surface area contributed by atoms with Crippen LogP contribution >= 0.6 is 7.82 Å². The highest BCUT2D eigenvalue weighted by Gasteiger charge is 2.25. The summed E-state index contributed by atoms with van der Waals surface area (Å²) >= 11 is 0. The van der Waals surface area contributed by atoms with Gasteiger partial charge in [-0.1, -0.05) is 170 Å². The zero-order valence-electron chi connectivity index (χ0n) is 37.0. The molecule has 0 aliphatic heterocycles. The van der Waals surface area contributed by atoms with Gasteiger partial charge in [0.25, 0.3) is 0 Å². The van der Waals surface area contributed by atoms with Crippen LogP contribution in [-0.2, 0) is 27.9 Å². The molecule has 0 aliphatic carbocycles. The van der Waals surface area contributed by atoms with Gasteiger partial charge in [-0.25, -0.2) is 4.57 Å². The third kappa shape index (κ3) is 44.8. The second-order valence-corrected chi connectivity index (χ2v) is 16.3. The Bertz CT molecular complexity index is 1160. The van der Waals surface area contributed by atoms with Crippen molar-refractivity contribution < 1.29 is 32.8 Å². The van der Waals surface area contributed by atoms with Gasteiger partial charge in [0.05, 0.1) is 19.8 Å². The second kappa shape index (κ2) is 45.8. The van der Waals surface area contributed by atoms with Crippen LogP contribution in [-0.4, -0.2) is 49.9 Å². The molecule has 334 valence electrons. The van der Waals surface area contributed by atoms with Crippen molar-refractivity contribution in [3.63, 3.8) is 0 Å². The number of phosphoric acid groups is 1. The van der Waals surface area contributed by atoms with Crippen LogP contribution < -0.4 is 5.73 Å². The molecule has 0 rings (SSSR count). The van der Waals surface area contributed by atoms with Gasteiger partial charge in [0.2, 0.25) is 0 Å². The maximum absolute atomic E-state index is 12.6.